The van der Waals surface area contributed by atoms with Crippen LogP contribution in [0.15, 0.2) is 12.1 Å². The van der Waals surface area contributed by atoms with Crippen molar-refractivity contribution in [1.29, 1.82) is 0 Å². The third-order valence-corrected chi connectivity index (χ3v) is 2.69. The number of hydrogen-bond acceptors (Lipinski definition) is 2. The summed E-state index contributed by atoms with van der Waals surface area (Å²) in [6, 6.07) is 4.17. The molecule has 0 aromatic heterocycles. The maximum Gasteiger partial charge on any atom is 0.225 e. The maximum absolute atomic E-state index is 11.2. The fraction of sp³-hybridized carbons (Fsp3) is 0.385. The molecular formula is C13H18N2OS. The van der Waals surface area contributed by atoms with Gasteiger partial charge in [0.05, 0.1) is 0 Å². The van der Waals surface area contributed by atoms with Gasteiger partial charge < -0.3 is 10.6 Å². The Morgan fingerprint density at radius 2 is 1.76 bits per heavy atom. The number of hydrogen-bond donors (Lipinski definition) is 2. The number of benzene rings is 1. The zero-order valence-electron chi connectivity index (χ0n) is 10.7. The highest BCUT2D eigenvalue weighted by atomic mass is 32.1. The summed E-state index contributed by atoms with van der Waals surface area (Å²) < 4.78 is 0. The van der Waals surface area contributed by atoms with Crippen LogP contribution >= 0.6 is 12.2 Å². The van der Waals surface area contributed by atoms with Gasteiger partial charge in [-0.15, -0.1) is 0 Å². The highest BCUT2D eigenvalue weighted by molar-refractivity contribution is 7.80. The summed E-state index contributed by atoms with van der Waals surface area (Å²) in [5.41, 5.74) is 4.43. The summed E-state index contributed by atoms with van der Waals surface area (Å²) >= 11 is 5.09. The molecule has 2 N–H and O–H groups in total. The van der Waals surface area contributed by atoms with E-state index in [1.165, 1.54) is 5.56 Å². The van der Waals surface area contributed by atoms with Crippen LogP contribution in [-0.4, -0.2) is 11.0 Å². The molecule has 0 atom stereocenters. The third-order valence-electron chi connectivity index (χ3n) is 2.49. The van der Waals surface area contributed by atoms with E-state index in [9.17, 15) is 4.79 Å². The quantitative estimate of drug-likeness (QED) is 0.793. The number of amides is 1. The van der Waals surface area contributed by atoms with Crippen molar-refractivity contribution in [3.8, 4) is 0 Å². The topological polar surface area (TPSA) is 41.1 Å². The molecular weight excluding hydrogens is 232 g/mol. The number of carbonyl (C=O) groups is 1. The van der Waals surface area contributed by atoms with Crippen LogP contribution in [0.1, 0.15) is 30.0 Å². The predicted octanol–water partition coefficient (Wildman–Crippen LogP) is 2.83. The van der Waals surface area contributed by atoms with Crippen molar-refractivity contribution in [3.63, 3.8) is 0 Å². The minimum atomic E-state index is -0.0788. The molecule has 0 saturated heterocycles. The van der Waals surface area contributed by atoms with Gasteiger partial charge in [-0.05, 0) is 44.1 Å². The molecule has 4 heteroatoms. The normalized spacial score (nSPS) is 9.88. The molecule has 17 heavy (non-hydrogen) atoms. The van der Waals surface area contributed by atoms with E-state index in [1.807, 2.05) is 13.8 Å². The highest BCUT2D eigenvalue weighted by Gasteiger charge is 2.07. The third kappa shape index (κ3) is 3.82. The van der Waals surface area contributed by atoms with Gasteiger partial charge in [-0.1, -0.05) is 24.6 Å². The van der Waals surface area contributed by atoms with Gasteiger partial charge in [-0.3, -0.25) is 4.79 Å². The number of aryl methyl sites for hydroxylation is 3. The van der Waals surface area contributed by atoms with Gasteiger partial charge >= 0.3 is 0 Å². The second kappa shape index (κ2) is 5.77. The number of nitrogens with one attached hydrogen (secondary N) is 2. The largest absolute Gasteiger partial charge is 0.332 e. The summed E-state index contributed by atoms with van der Waals surface area (Å²) in [6.45, 7) is 7.89. The molecule has 0 aliphatic heterocycles. The van der Waals surface area contributed by atoms with Crippen LogP contribution in [0.4, 0.5) is 5.69 Å². The van der Waals surface area contributed by atoms with Gasteiger partial charge in [0.15, 0.2) is 5.11 Å². The molecule has 1 amide bonds. The monoisotopic (exact) mass is 250 g/mol. The predicted molar refractivity (Wildman–Crippen MR) is 75.3 cm³/mol. The molecule has 0 saturated carbocycles. The maximum atomic E-state index is 11.2. The molecule has 92 valence electrons. The number of anilines is 1. The van der Waals surface area contributed by atoms with Crippen LogP contribution < -0.4 is 10.6 Å². The van der Waals surface area contributed by atoms with E-state index < -0.39 is 0 Å². The first-order chi connectivity index (χ1) is 7.93. The Balaban J connectivity index is 2.82. The highest BCUT2D eigenvalue weighted by Crippen LogP contribution is 2.21. The van der Waals surface area contributed by atoms with E-state index in [2.05, 4.69) is 29.7 Å². The average molecular weight is 250 g/mol. The molecule has 0 radical (unpaired) electrons. The molecule has 1 rings (SSSR count). The van der Waals surface area contributed by atoms with Gasteiger partial charge in [0.25, 0.3) is 0 Å². The standard InChI is InChI=1S/C13H18N2OS/c1-5-11(16)14-13(17)15-12-9(3)6-8(2)7-10(12)4/h6-7H,5H2,1-4H3,(H2,14,15,16,17). The minimum Gasteiger partial charge on any atom is -0.332 e. The van der Waals surface area contributed by atoms with Crippen molar-refractivity contribution in [2.45, 2.75) is 34.1 Å². The Bertz CT molecular complexity index is 432. The van der Waals surface area contributed by atoms with Crippen molar-refractivity contribution in [3.05, 3.63) is 28.8 Å². The summed E-state index contributed by atoms with van der Waals surface area (Å²) in [5.74, 6) is -0.0788. The van der Waals surface area contributed by atoms with E-state index in [4.69, 9.17) is 12.2 Å². The van der Waals surface area contributed by atoms with Crippen LogP contribution in [0.2, 0.25) is 0 Å². The number of thiocarbonyl (C=S) groups is 1. The number of carbonyl (C=O) groups excluding carboxylic acids is 1. The first-order valence-corrected chi connectivity index (χ1v) is 6.03. The Hall–Kier alpha value is -1.42. The Morgan fingerprint density at radius 1 is 1.24 bits per heavy atom. The van der Waals surface area contributed by atoms with Crippen LogP contribution in [0.25, 0.3) is 0 Å². The lowest BCUT2D eigenvalue weighted by Gasteiger charge is -2.14. The Labute approximate surface area is 108 Å². The van der Waals surface area contributed by atoms with Crippen molar-refractivity contribution in [1.82, 2.24) is 5.32 Å². The summed E-state index contributed by atoms with van der Waals surface area (Å²) in [4.78, 5) is 11.2. The fourth-order valence-electron chi connectivity index (χ4n) is 1.74. The van der Waals surface area contributed by atoms with Crippen LogP contribution in [0, 0.1) is 20.8 Å². The SMILES string of the molecule is CCC(=O)NC(=S)Nc1c(C)cc(C)cc1C. The van der Waals surface area contributed by atoms with Crippen molar-refractivity contribution < 1.29 is 4.79 Å². The van der Waals surface area contributed by atoms with E-state index in [0.717, 1.165) is 16.8 Å². The van der Waals surface area contributed by atoms with E-state index >= 15 is 0 Å². The Kier molecular flexibility index (Phi) is 4.63. The zero-order chi connectivity index (χ0) is 13.0. The van der Waals surface area contributed by atoms with Crippen molar-refractivity contribution in [2.75, 3.05) is 5.32 Å². The second-order valence-electron chi connectivity index (χ2n) is 4.13. The minimum absolute atomic E-state index is 0.0788. The summed E-state index contributed by atoms with van der Waals surface area (Å²) in [6.07, 6.45) is 0.424. The molecule has 0 aliphatic carbocycles. The average Bonchev–Trinajstić information content (AvgIpc) is 2.23. The molecule has 1 aromatic carbocycles. The van der Waals surface area contributed by atoms with Gasteiger partial charge in [-0.2, -0.15) is 0 Å². The molecule has 0 bridgehead atoms. The summed E-state index contributed by atoms with van der Waals surface area (Å²) in [7, 11) is 0. The molecule has 1 aromatic rings. The molecule has 0 unspecified atom stereocenters. The van der Waals surface area contributed by atoms with Crippen LogP contribution in [-0.2, 0) is 4.79 Å². The molecule has 3 nitrogen and oxygen atoms in total. The summed E-state index contributed by atoms with van der Waals surface area (Å²) in [5, 5.41) is 6.05. The molecule has 0 fully saturated rings. The second-order valence-corrected chi connectivity index (χ2v) is 4.54. The van der Waals surface area contributed by atoms with E-state index in [-0.39, 0.29) is 5.91 Å². The van der Waals surface area contributed by atoms with Gasteiger partial charge in [-0.25, -0.2) is 0 Å². The zero-order valence-corrected chi connectivity index (χ0v) is 11.5. The van der Waals surface area contributed by atoms with E-state index in [0.29, 0.717) is 11.5 Å². The van der Waals surface area contributed by atoms with Crippen molar-refractivity contribution >= 4 is 28.9 Å². The lowest BCUT2D eigenvalue weighted by molar-refractivity contribution is -0.119. The first kappa shape index (κ1) is 13.6. The number of rotatable bonds is 2. The fourth-order valence-corrected chi connectivity index (χ4v) is 1.95. The van der Waals surface area contributed by atoms with Crippen molar-refractivity contribution in [2.24, 2.45) is 0 Å². The van der Waals surface area contributed by atoms with Gasteiger partial charge in [0.2, 0.25) is 5.91 Å². The lowest BCUT2D eigenvalue weighted by Crippen LogP contribution is -2.33. The van der Waals surface area contributed by atoms with Gasteiger partial charge in [0.1, 0.15) is 0 Å². The molecule has 0 spiro atoms. The first-order valence-electron chi connectivity index (χ1n) is 5.62. The van der Waals surface area contributed by atoms with Crippen LogP contribution in [0.3, 0.4) is 0 Å². The Morgan fingerprint density at radius 3 is 2.24 bits per heavy atom. The van der Waals surface area contributed by atoms with Crippen LogP contribution in [0.5, 0.6) is 0 Å². The lowest BCUT2D eigenvalue weighted by atomic mass is 10.1. The molecule has 0 aliphatic rings. The van der Waals surface area contributed by atoms with Gasteiger partial charge in [0, 0.05) is 12.1 Å². The molecule has 0 heterocycles. The smallest absolute Gasteiger partial charge is 0.225 e. The van der Waals surface area contributed by atoms with E-state index in [1.54, 1.807) is 6.92 Å².